The zero-order chi connectivity index (χ0) is 17.6. The number of pyridine rings is 1. The topological polar surface area (TPSA) is 52.1 Å². The van der Waals surface area contributed by atoms with Crippen LogP contribution in [0.15, 0.2) is 54.7 Å². The van der Waals surface area contributed by atoms with Crippen molar-refractivity contribution in [2.75, 3.05) is 0 Å². The molecule has 0 saturated carbocycles. The Kier molecular flexibility index (Phi) is 5.22. The summed E-state index contributed by atoms with van der Waals surface area (Å²) in [5, 5.41) is 0.788. The molecule has 3 aromatic rings. The Labute approximate surface area is 150 Å². The van der Waals surface area contributed by atoms with Gasteiger partial charge in [0.1, 0.15) is 9.88 Å². The smallest absolute Gasteiger partial charge is 0.350 e. The molecular formula is C20H16N2O2S. The lowest BCUT2D eigenvalue weighted by molar-refractivity contribution is 0.0303. The van der Waals surface area contributed by atoms with Crippen LogP contribution in [-0.2, 0) is 4.74 Å². The summed E-state index contributed by atoms with van der Waals surface area (Å²) in [7, 11) is 0. The average molecular weight is 348 g/mol. The summed E-state index contributed by atoms with van der Waals surface area (Å²) in [4.78, 5) is 21.8. The summed E-state index contributed by atoms with van der Waals surface area (Å²) in [5.74, 6) is 2.11. The highest BCUT2D eigenvalue weighted by molar-refractivity contribution is 7.17. The largest absolute Gasteiger partial charge is 0.451 e. The van der Waals surface area contributed by atoms with Crippen molar-refractivity contribution < 1.29 is 9.53 Å². The number of aromatic nitrogens is 2. The standard InChI is InChI=1S/C20H16N2O2S/c1-3-9-17(16-12-7-8-13-21-16)24-20(23)18-14(2)22-19(25-18)15-10-5-4-6-11-15/h1,4-8,10-13,17H,9H2,2H3/t17-/m0/s1. The number of aryl methyl sites for hydroxylation is 1. The van der Waals surface area contributed by atoms with Crippen molar-refractivity contribution in [3.05, 3.63) is 71.0 Å². The van der Waals surface area contributed by atoms with Gasteiger partial charge in [-0.15, -0.1) is 23.7 Å². The van der Waals surface area contributed by atoms with Crippen LogP contribution in [0.5, 0.6) is 0 Å². The predicted molar refractivity (Wildman–Crippen MR) is 98.1 cm³/mol. The maximum absolute atomic E-state index is 12.6. The van der Waals surface area contributed by atoms with Gasteiger partial charge in [-0.1, -0.05) is 36.4 Å². The Morgan fingerprint density at radius 1 is 1.24 bits per heavy atom. The number of benzene rings is 1. The number of carbonyl (C=O) groups is 1. The molecule has 0 unspecified atom stereocenters. The zero-order valence-corrected chi connectivity index (χ0v) is 14.5. The molecule has 0 spiro atoms. The summed E-state index contributed by atoms with van der Waals surface area (Å²) >= 11 is 1.32. The quantitative estimate of drug-likeness (QED) is 0.505. The third kappa shape index (κ3) is 3.93. The minimum Gasteiger partial charge on any atom is -0.451 e. The lowest BCUT2D eigenvalue weighted by Crippen LogP contribution is -2.12. The van der Waals surface area contributed by atoms with E-state index >= 15 is 0 Å². The van der Waals surface area contributed by atoms with Crippen molar-refractivity contribution in [2.24, 2.45) is 0 Å². The second-order valence-electron chi connectivity index (χ2n) is 5.36. The van der Waals surface area contributed by atoms with Crippen LogP contribution in [0.3, 0.4) is 0 Å². The first-order valence-corrected chi connectivity index (χ1v) is 8.59. The molecule has 3 rings (SSSR count). The van der Waals surface area contributed by atoms with Crippen molar-refractivity contribution >= 4 is 17.3 Å². The molecule has 0 amide bonds. The molecule has 0 aliphatic rings. The number of carbonyl (C=O) groups excluding carboxylic acids is 1. The number of thiazole rings is 1. The SMILES string of the molecule is C#CC[C@H](OC(=O)c1sc(-c2ccccc2)nc1C)c1ccccn1. The third-order valence-electron chi connectivity index (χ3n) is 3.57. The van der Waals surface area contributed by atoms with Gasteiger partial charge in [-0.2, -0.15) is 0 Å². The number of ether oxygens (including phenoxy) is 1. The Morgan fingerprint density at radius 3 is 2.68 bits per heavy atom. The van der Waals surface area contributed by atoms with Gasteiger partial charge in [-0.25, -0.2) is 9.78 Å². The van der Waals surface area contributed by atoms with E-state index in [2.05, 4.69) is 15.9 Å². The normalized spacial score (nSPS) is 11.5. The fraction of sp³-hybridized carbons (Fsp3) is 0.150. The van der Waals surface area contributed by atoms with Gasteiger partial charge < -0.3 is 4.74 Å². The number of hydrogen-bond donors (Lipinski definition) is 0. The van der Waals surface area contributed by atoms with Crippen molar-refractivity contribution in [1.29, 1.82) is 0 Å². The summed E-state index contributed by atoms with van der Waals surface area (Å²) < 4.78 is 5.62. The first-order chi connectivity index (χ1) is 12.2. The number of nitrogens with zero attached hydrogens (tertiary/aromatic N) is 2. The van der Waals surface area contributed by atoms with Gasteiger partial charge in [0.15, 0.2) is 6.10 Å². The van der Waals surface area contributed by atoms with Crippen LogP contribution >= 0.6 is 11.3 Å². The van der Waals surface area contributed by atoms with Gasteiger partial charge in [0.05, 0.1) is 17.8 Å². The molecular weight excluding hydrogens is 332 g/mol. The Morgan fingerprint density at radius 2 is 2.00 bits per heavy atom. The molecule has 124 valence electrons. The van der Waals surface area contributed by atoms with Crippen LogP contribution in [0.2, 0.25) is 0 Å². The van der Waals surface area contributed by atoms with E-state index in [4.69, 9.17) is 11.2 Å². The molecule has 4 nitrogen and oxygen atoms in total. The minimum atomic E-state index is -0.569. The lowest BCUT2D eigenvalue weighted by atomic mass is 10.1. The summed E-state index contributed by atoms with van der Waals surface area (Å²) in [5.41, 5.74) is 2.26. The van der Waals surface area contributed by atoms with Gasteiger partial charge >= 0.3 is 5.97 Å². The van der Waals surface area contributed by atoms with E-state index in [1.807, 2.05) is 36.4 Å². The molecule has 0 saturated heterocycles. The molecule has 0 aliphatic heterocycles. The number of rotatable bonds is 5. The first kappa shape index (κ1) is 16.9. The predicted octanol–water partition coefficient (Wildman–Crippen LogP) is 4.43. The molecule has 25 heavy (non-hydrogen) atoms. The van der Waals surface area contributed by atoms with Gasteiger partial charge in [0.25, 0.3) is 0 Å². The molecule has 2 aromatic heterocycles. The number of terminal acetylenes is 1. The maximum Gasteiger partial charge on any atom is 0.350 e. The number of hydrogen-bond acceptors (Lipinski definition) is 5. The van der Waals surface area contributed by atoms with Gasteiger partial charge in [0, 0.05) is 11.8 Å². The molecule has 0 fully saturated rings. The zero-order valence-electron chi connectivity index (χ0n) is 13.7. The molecule has 0 aliphatic carbocycles. The third-order valence-corrected chi connectivity index (χ3v) is 4.76. The second kappa shape index (κ2) is 7.73. The van der Waals surface area contributed by atoms with E-state index in [9.17, 15) is 4.79 Å². The van der Waals surface area contributed by atoms with Crippen LogP contribution < -0.4 is 0 Å². The van der Waals surface area contributed by atoms with E-state index in [0.717, 1.165) is 10.6 Å². The van der Waals surface area contributed by atoms with Crippen LogP contribution in [0.4, 0.5) is 0 Å². The van der Waals surface area contributed by atoms with E-state index in [1.54, 1.807) is 25.3 Å². The lowest BCUT2D eigenvalue weighted by Gasteiger charge is -2.14. The van der Waals surface area contributed by atoms with Gasteiger partial charge in [-0.05, 0) is 19.1 Å². The maximum atomic E-state index is 12.6. The second-order valence-corrected chi connectivity index (χ2v) is 6.36. The van der Waals surface area contributed by atoms with Crippen LogP contribution in [0, 0.1) is 19.3 Å². The summed E-state index contributed by atoms with van der Waals surface area (Å²) in [6.07, 6.45) is 6.76. The Bertz CT molecular complexity index is 898. The Balaban J connectivity index is 1.83. The van der Waals surface area contributed by atoms with E-state index in [1.165, 1.54) is 11.3 Å². The molecule has 2 heterocycles. The fourth-order valence-electron chi connectivity index (χ4n) is 2.35. The summed E-state index contributed by atoms with van der Waals surface area (Å²) in [6.45, 7) is 1.80. The van der Waals surface area contributed by atoms with Crippen molar-refractivity contribution in [2.45, 2.75) is 19.4 Å². The highest BCUT2D eigenvalue weighted by Crippen LogP contribution is 2.30. The minimum absolute atomic E-state index is 0.270. The molecule has 1 atom stereocenters. The molecule has 0 bridgehead atoms. The highest BCUT2D eigenvalue weighted by Gasteiger charge is 2.22. The van der Waals surface area contributed by atoms with Crippen molar-refractivity contribution in [1.82, 2.24) is 9.97 Å². The van der Waals surface area contributed by atoms with E-state index in [0.29, 0.717) is 16.3 Å². The molecule has 1 aromatic carbocycles. The molecule has 5 heteroatoms. The van der Waals surface area contributed by atoms with Crippen molar-refractivity contribution in [3.63, 3.8) is 0 Å². The van der Waals surface area contributed by atoms with Crippen molar-refractivity contribution in [3.8, 4) is 22.9 Å². The Hall–Kier alpha value is -2.97. The monoisotopic (exact) mass is 348 g/mol. The fourth-order valence-corrected chi connectivity index (χ4v) is 3.31. The van der Waals surface area contributed by atoms with Gasteiger partial charge in [-0.3, -0.25) is 4.98 Å². The molecule has 0 radical (unpaired) electrons. The highest BCUT2D eigenvalue weighted by atomic mass is 32.1. The average Bonchev–Trinajstić information content (AvgIpc) is 3.05. The first-order valence-electron chi connectivity index (χ1n) is 7.77. The van der Waals surface area contributed by atoms with E-state index in [-0.39, 0.29) is 6.42 Å². The van der Waals surface area contributed by atoms with E-state index < -0.39 is 12.1 Å². The van der Waals surface area contributed by atoms with Crippen LogP contribution in [0.1, 0.15) is 33.6 Å². The van der Waals surface area contributed by atoms with Crippen LogP contribution in [-0.4, -0.2) is 15.9 Å². The summed E-state index contributed by atoms with van der Waals surface area (Å²) in [6, 6.07) is 15.2. The number of esters is 1. The molecule has 0 N–H and O–H groups in total. The van der Waals surface area contributed by atoms with Crippen LogP contribution in [0.25, 0.3) is 10.6 Å². The van der Waals surface area contributed by atoms with Gasteiger partial charge in [0.2, 0.25) is 0 Å².